The molecule has 2 aromatic rings. The predicted molar refractivity (Wildman–Crippen MR) is 93.3 cm³/mol. The maximum Gasteiger partial charge on any atom is 0.228 e. The van der Waals surface area contributed by atoms with Gasteiger partial charge in [0.1, 0.15) is 5.82 Å². The van der Waals surface area contributed by atoms with Crippen LogP contribution >= 0.6 is 11.8 Å². The first-order valence-corrected chi connectivity index (χ1v) is 8.88. The number of hydrogen-bond donors (Lipinski definition) is 1. The minimum atomic E-state index is -0.313. The van der Waals surface area contributed by atoms with Gasteiger partial charge in [0.2, 0.25) is 5.91 Å². The molecule has 0 radical (unpaired) electrons. The van der Waals surface area contributed by atoms with Crippen molar-refractivity contribution < 1.29 is 9.18 Å². The fourth-order valence-corrected chi connectivity index (χ4v) is 4.22. The number of nitrogens with one attached hydrogen (secondary N) is 1. The first-order valence-electron chi connectivity index (χ1n) is 8.01. The fraction of sp³-hybridized carbons (Fsp3) is 0.316. The summed E-state index contributed by atoms with van der Waals surface area (Å²) < 4.78 is 13.2. The first-order chi connectivity index (χ1) is 11.2. The van der Waals surface area contributed by atoms with E-state index < -0.39 is 0 Å². The van der Waals surface area contributed by atoms with Crippen molar-refractivity contribution in [2.75, 3.05) is 5.32 Å². The third-order valence-electron chi connectivity index (χ3n) is 4.01. The summed E-state index contributed by atoms with van der Waals surface area (Å²) in [5, 5.41) is 3.62. The summed E-state index contributed by atoms with van der Waals surface area (Å²) in [6.07, 6.45) is 5.27. The number of carbonyl (C=O) groups excluding carboxylic acids is 1. The van der Waals surface area contributed by atoms with Gasteiger partial charge < -0.3 is 5.32 Å². The summed E-state index contributed by atoms with van der Waals surface area (Å²) in [7, 11) is 0. The van der Waals surface area contributed by atoms with Crippen LogP contribution in [0.25, 0.3) is 0 Å². The lowest BCUT2D eigenvalue weighted by Gasteiger charge is -2.14. The van der Waals surface area contributed by atoms with Gasteiger partial charge in [-0.05, 0) is 42.7 Å². The van der Waals surface area contributed by atoms with Crippen molar-refractivity contribution in [2.24, 2.45) is 0 Å². The molecular formula is C19H20FNOS. The lowest BCUT2D eigenvalue weighted by atomic mass is 10.1. The lowest BCUT2D eigenvalue weighted by Crippen LogP contribution is -2.15. The van der Waals surface area contributed by atoms with Crippen molar-refractivity contribution >= 4 is 23.4 Å². The zero-order valence-corrected chi connectivity index (χ0v) is 13.7. The number of hydrogen-bond acceptors (Lipinski definition) is 2. The highest BCUT2D eigenvalue weighted by molar-refractivity contribution is 8.00. The number of carbonyl (C=O) groups is 1. The van der Waals surface area contributed by atoms with E-state index in [9.17, 15) is 9.18 Å². The Balaban J connectivity index is 1.65. The first kappa shape index (κ1) is 16.1. The molecule has 0 saturated heterocycles. The van der Waals surface area contributed by atoms with Gasteiger partial charge in [-0.1, -0.05) is 37.1 Å². The predicted octanol–water partition coefficient (Wildman–Crippen LogP) is 5.04. The van der Waals surface area contributed by atoms with E-state index in [1.165, 1.54) is 37.8 Å². The second kappa shape index (κ2) is 7.64. The number of halogens is 1. The molecule has 0 heterocycles. The zero-order chi connectivity index (χ0) is 16.1. The molecule has 0 spiro atoms. The van der Waals surface area contributed by atoms with Crippen molar-refractivity contribution in [1.82, 2.24) is 0 Å². The molecule has 1 aliphatic carbocycles. The Morgan fingerprint density at radius 2 is 1.91 bits per heavy atom. The quantitative estimate of drug-likeness (QED) is 0.832. The number of amides is 1. The molecule has 1 N–H and O–H groups in total. The third kappa shape index (κ3) is 4.58. The van der Waals surface area contributed by atoms with Crippen molar-refractivity contribution in [3.05, 3.63) is 59.9 Å². The molecule has 0 aliphatic heterocycles. The maximum absolute atomic E-state index is 13.2. The van der Waals surface area contributed by atoms with Crippen LogP contribution in [0.5, 0.6) is 0 Å². The molecule has 120 valence electrons. The summed E-state index contributed by atoms with van der Waals surface area (Å²) in [5.41, 5.74) is 1.54. The highest BCUT2D eigenvalue weighted by Gasteiger charge is 2.18. The molecular weight excluding hydrogens is 309 g/mol. The molecule has 0 aromatic heterocycles. The van der Waals surface area contributed by atoms with Crippen LogP contribution in [-0.2, 0) is 11.2 Å². The Labute approximate surface area is 140 Å². The van der Waals surface area contributed by atoms with E-state index in [1.54, 1.807) is 12.1 Å². The molecule has 0 unspecified atom stereocenters. The number of para-hydroxylation sites is 1. The summed E-state index contributed by atoms with van der Waals surface area (Å²) >= 11 is 1.85. The van der Waals surface area contributed by atoms with Crippen LogP contribution in [0, 0.1) is 5.82 Å². The Morgan fingerprint density at radius 1 is 1.13 bits per heavy atom. The second-order valence-electron chi connectivity index (χ2n) is 5.88. The smallest absolute Gasteiger partial charge is 0.228 e. The van der Waals surface area contributed by atoms with E-state index in [1.807, 2.05) is 30.0 Å². The largest absolute Gasteiger partial charge is 0.325 e. The molecule has 2 nitrogen and oxygen atoms in total. The van der Waals surface area contributed by atoms with Gasteiger partial charge in [0.25, 0.3) is 0 Å². The number of benzene rings is 2. The second-order valence-corrected chi connectivity index (χ2v) is 7.22. The minimum absolute atomic E-state index is 0.116. The average molecular weight is 329 g/mol. The van der Waals surface area contributed by atoms with Crippen molar-refractivity contribution in [1.29, 1.82) is 0 Å². The topological polar surface area (TPSA) is 29.1 Å². The highest BCUT2D eigenvalue weighted by atomic mass is 32.2. The van der Waals surface area contributed by atoms with Crippen LogP contribution in [0.1, 0.15) is 31.2 Å². The van der Waals surface area contributed by atoms with E-state index >= 15 is 0 Å². The molecule has 1 saturated carbocycles. The van der Waals surface area contributed by atoms with Crippen molar-refractivity contribution in [3.63, 3.8) is 0 Å². The van der Waals surface area contributed by atoms with Crippen LogP contribution in [0.15, 0.2) is 53.4 Å². The molecule has 1 aliphatic rings. The average Bonchev–Trinajstić information content (AvgIpc) is 3.02. The fourth-order valence-electron chi connectivity index (χ4n) is 2.89. The number of anilines is 1. The number of thioether (sulfide) groups is 1. The van der Waals surface area contributed by atoms with Crippen molar-refractivity contribution in [3.8, 4) is 0 Å². The standard InChI is InChI=1S/C19H20FNOS/c20-15-7-5-6-14(12-15)13-19(22)21-17-10-3-4-11-18(17)23-16-8-1-2-9-16/h3-7,10-12,16H,1-2,8-9,13H2,(H,21,22). The van der Waals surface area contributed by atoms with Crippen LogP contribution in [-0.4, -0.2) is 11.2 Å². The monoisotopic (exact) mass is 329 g/mol. The Hall–Kier alpha value is -1.81. The van der Waals surface area contributed by atoms with Crippen LogP contribution in [0.4, 0.5) is 10.1 Å². The van der Waals surface area contributed by atoms with Crippen LogP contribution in [0.2, 0.25) is 0 Å². The SMILES string of the molecule is O=C(Cc1cccc(F)c1)Nc1ccccc1SC1CCCC1. The van der Waals surface area contributed by atoms with E-state index in [0.717, 1.165) is 10.6 Å². The summed E-state index contributed by atoms with van der Waals surface area (Å²) in [5.74, 6) is -0.428. The van der Waals surface area contributed by atoms with Gasteiger partial charge in [-0.25, -0.2) is 4.39 Å². The highest BCUT2D eigenvalue weighted by Crippen LogP contribution is 2.38. The zero-order valence-electron chi connectivity index (χ0n) is 12.9. The Kier molecular flexibility index (Phi) is 5.34. The molecule has 1 amide bonds. The van der Waals surface area contributed by atoms with E-state index in [4.69, 9.17) is 0 Å². The van der Waals surface area contributed by atoms with Crippen molar-refractivity contribution in [2.45, 2.75) is 42.2 Å². The van der Waals surface area contributed by atoms with E-state index in [0.29, 0.717) is 10.8 Å². The normalized spacial score (nSPS) is 14.8. The molecule has 1 fully saturated rings. The van der Waals surface area contributed by atoms with Gasteiger partial charge in [0.05, 0.1) is 12.1 Å². The number of rotatable bonds is 5. The van der Waals surface area contributed by atoms with Gasteiger partial charge in [0, 0.05) is 10.1 Å². The summed E-state index contributed by atoms with van der Waals surface area (Å²) in [6, 6.07) is 14.1. The minimum Gasteiger partial charge on any atom is -0.325 e. The van der Waals surface area contributed by atoms with E-state index in [2.05, 4.69) is 11.4 Å². The van der Waals surface area contributed by atoms with Gasteiger partial charge in [-0.15, -0.1) is 11.8 Å². The van der Waals surface area contributed by atoms with E-state index in [-0.39, 0.29) is 18.1 Å². The maximum atomic E-state index is 13.2. The van der Waals surface area contributed by atoms with Gasteiger partial charge in [-0.2, -0.15) is 0 Å². The molecule has 2 aromatic carbocycles. The van der Waals surface area contributed by atoms with Gasteiger partial charge in [0.15, 0.2) is 0 Å². The third-order valence-corrected chi connectivity index (χ3v) is 5.43. The Morgan fingerprint density at radius 3 is 2.70 bits per heavy atom. The molecule has 4 heteroatoms. The van der Waals surface area contributed by atoms with Gasteiger partial charge >= 0.3 is 0 Å². The summed E-state index contributed by atoms with van der Waals surface area (Å²) in [4.78, 5) is 13.4. The van der Waals surface area contributed by atoms with Crippen LogP contribution in [0.3, 0.4) is 0 Å². The molecule has 3 rings (SSSR count). The molecule has 0 atom stereocenters. The van der Waals surface area contributed by atoms with Crippen LogP contribution < -0.4 is 5.32 Å². The summed E-state index contributed by atoms with van der Waals surface area (Å²) in [6.45, 7) is 0. The lowest BCUT2D eigenvalue weighted by molar-refractivity contribution is -0.115. The molecule has 0 bridgehead atoms. The Bertz CT molecular complexity index is 683. The van der Waals surface area contributed by atoms with Gasteiger partial charge in [-0.3, -0.25) is 4.79 Å². The molecule has 23 heavy (non-hydrogen) atoms.